The summed E-state index contributed by atoms with van der Waals surface area (Å²) < 4.78 is 38.8. The molecule has 1 unspecified atom stereocenters. The van der Waals surface area contributed by atoms with Gasteiger partial charge in [-0.05, 0) is 13.0 Å². The Labute approximate surface area is 99.0 Å². The molecule has 1 aromatic heterocycles. The molecule has 0 fully saturated rings. The largest absolute Gasteiger partial charge is 0.390 e. The molecule has 98 valence electrons. The van der Waals surface area contributed by atoms with Crippen LogP contribution >= 0.6 is 0 Å². The highest BCUT2D eigenvalue weighted by Crippen LogP contribution is 2.23. The lowest BCUT2D eigenvalue weighted by Crippen LogP contribution is -2.34. The van der Waals surface area contributed by atoms with Crippen LogP contribution in [0.4, 0.5) is 13.2 Å². The van der Waals surface area contributed by atoms with Crippen LogP contribution < -0.4 is 5.32 Å². The lowest BCUT2D eigenvalue weighted by atomic mass is 10.1. The number of halogens is 3. The third-order valence-corrected chi connectivity index (χ3v) is 2.61. The van der Waals surface area contributed by atoms with Crippen LogP contribution in [0.15, 0.2) is 12.4 Å². The molecule has 1 atom stereocenters. The predicted molar refractivity (Wildman–Crippen MR) is 59.7 cm³/mol. The van der Waals surface area contributed by atoms with Gasteiger partial charge in [-0.25, -0.2) is 4.98 Å². The first kappa shape index (κ1) is 14.0. The van der Waals surface area contributed by atoms with E-state index in [0.717, 1.165) is 5.82 Å². The third-order valence-electron chi connectivity index (χ3n) is 2.61. The molecule has 1 aromatic rings. The number of imidazole rings is 1. The summed E-state index contributed by atoms with van der Waals surface area (Å²) in [5.41, 5.74) is 0. The first-order chi connectivity index (χ1) is 7.92. The summed E-state index contributed by atoms with van der Waals surface area (Å²) in [5.74, 6) is 0.815. The molecule has 0 radical (unpaired) electrons. The van der Waals surface area contributed by atoms with Crippen LogP contribution in [0.2, 0.25) is 0 Å². The number of rotatable bonds is 6. The van der Waals surface area contributed by atoms with Crippen molar-refractivity contribution in [2.45, 2.75) is 38.4 Å². The van der Waals surface area contributed by atoms with E-state index in [1.165, 1.54) is 0 Å². The minimum absolute atomic E-state index is 0.443. The van der Waals surface area contributed by atoms with Crippen LogP contribution in [0.5, 0.6) is 0 Å². The summed E-state index contributed by atoms with van der Waals surface area (Å²) >= 11 is 0. The van der Waals surface area contributed by atoms with Crippen molar-refractivity contribution in [1.82, 2.24) is 14.9 Å². The molecule has 0 bridgehead atoms. The van der Waals surface area contributed by atoms with Crippen molar-refractivity contribution in [2.24, 2.45) is 7.05 Å². The van der Waals surface area contributed by atoms with Gasteiger partial charge in [0.25, 0.3) is 0 Å². The number of nitrogens with one attached hydrogen (secondary N) is 1. The fraction of sp³-hybridized carbons (Fsp3) is 0.727. The Morgan fingerprint density at radius 2 is 2.18 bits per heavy atom. The fourth-order valence-electron chi connectivity index (χ4n) is 1.79. The van der Waals surface area contributed by atoms with E-state index < -0.39 is 18.6 Å². The van der Waals surface area contributed by atoms with Gasteiger partial charge < -0.3 is 9.88 Å². The van der Waals surface area contributed by atoms with Crippen molar-refractivity contribution >= 4 is 0 Å². The monoisotopic (exact) mass is 249 g/mol. The molecular formula is C11H18F3N3. The summed E-state index contributed by atoms with van der Waals surface area (Å²) in [6, 6.07) is -0.531. The Kier molecular flexibility index (Phi) is 4.99. The standard InChI is InChI=1S/C11H18F3N3/c1-3-15-9(8-11(12,13)14)4-5-10-16-6-7-17(10)2/h6-7,9,15H,3-5,8H2,1-2H3. The Balaban J connectivity index is 2.47. The van der Waals surface area contributed by atoms with Gasteiger partial charge >= 0.3 is 6.18 Å². The molecule has 1 heterocycles. The van der Waals surface area contributed by atoms with Gasteiger partial charge in [0.2, 0.25) is 0 Å². The van der Waals surface area contributed by atoms with E-state index in [4.69, 9.17) is 0 Å². The molecule has 6 heteroatoms. The second kappa shape index (κ2) is 6.05. The van der Waals surface area contributed by atoms with Crippen molar-refractivity contribution in [3.8, 4) is 0 Å². The summed E-state index contributed by atoms with van der Waals surface area (Å²) in [7, 11) is 1.84. The number of alkyl halides is 3. The zero-order valence-electron chi connectivity index (χ0n) is 10.1. The van der Waals surface area contributed by atoms with Gasteiger partial charge in [0, 0.05) is 31.9 Å². The average Bonchev–Trinajstić information content (AvgIpc) is 2.59. The number of nitrogens with zero attached hydrogens (tertiary/aromatic N) is 2. The maximum absolute atomic E-state index is 12.3. The molecule has 0 amide bonds. The van der Waals surface area contributed by atoms with Gasteiger partial charge in [-0.1, -0.05) is 6.92 Å². The van der Waals surface area contributed by atoms with E-state index in [-0.39, 0.29) is 0 Å². The molecule has 0 aliphatic carbocycles. The van der Waals surface area contributed by atoms with Gasteiger partial charge in [-0.15, -0.1) is 0 Å². The molecule has 0 aliphatic heterocycles. The first-order valence-electron chi connectivity index (χ1n) is 5.68. The summed E-state index contributed by atoms with van der Waals surface area (Å²) in [6.07, 6.45) is -0.460. The summed E-state index contributed by atoms with van der Waals surface area (Å²) in [5, 5.41) is 2.86. The minimum atomic E-state index is -4.12. The maximum atomic E-state index is 12.3. The average molecular weight is 249 g/mol. The molecule has 0 saturated carbocycles. The molecule has 1 rings (SSSR count). The Bertz CT molecular complexity index is 333. The number of aryl methyl sites for hydroxylation is 2. The van der Waals surface area contributed by atoms with Crippen LogP contribution in [0, 0.1) is 0 Å². The topological polar surface area (TPSA) is 29.9 Å². The van der Waals surface area contributed by atoms with E-state index in [1.54, 1.807) is 12.4 Å². The molecule has 0 aliphatic rings. The Hall–Kier alpha value is -1.04. The fourth-order valence-corrected chi connectivity index (χ4v) is 1.79. The van der Waals surface area contributed by atoms with Crippen LogP contribution in [0.3, 0.4) is 0 Å². The molecular weight excluding hydrogens is 231 g/mol. The minimum Gasteiger partial charge on any atom is -0.338 e. The highest BCUT2D eigenvalue weighted by molar-refractivity contribution is 4.92. The quantitative estimate of drug-likeness (QED) is 0.838. The van der Waals surface area contributed by atoms with Crippen molar-refractivity contribution in [3.05, 3.63) is 18.2 Å². The normalized spacial score (nSPS) is 13.9. The highest BCUT2D eigenvalue weighted by Gasteiger charge is 2.31. The van der Waals surface area contributed by atoms with Gasteiger partial charge in [-0.3, -0.25) is 0 Å². The van der Waals surface area contributed by atoms with Gasteiger partial charge in [0.1, 0.15) is 5.82 Å². The number of hydrogen-bond acceptors (Lipinski definition) is 2. The van der Waals surface area contributed by atoms with Gasteiger partial charge in [-0.2, -0.15) is 13.2 Å². The predicted octanol–water partition coefficient (Wildman–Crippen LogP) is 2.28. The van der Waals surface area contributed by atoms with Crippen LogP contribution in [0.1, 0.15) is 25.6 Å². The van der Waals surface area contributed by atoms with Crippen LogP contribution in [-0.2, 0) is 13.5 Å². The number of aromatic nitrogens is 2. The maximum Gasteiger partial charge on any atom is 0.390 e. The molecule has 0 spiro atoms. The first-order valence-corrected chi connectivity index (χ1v) is 5.68. The van der Waals surface area contributed by atoms with E-state index in [0.29, 0.717) is 19.4 Å². The molecule has 3 nitrogen and oxygen atoms in total. The molecule has 1 N–H and O–H groups in total. The lowest BCUT2D eigenvalue weighted by Gasteiger charge is -2.19. The summed E-state index contributed by atoms with van der Waals surface area (Å²) in [6.45, 7) is 2.35. The number of hydrogen-bond donors (Lipinski definition) is 1. The van der Waals surface area contributed by atoms with E-state index in [2.05, 4.69) is 10.3 Å². The third kappa shape index (κ3) is 5.21. The van der Waals surface area contributed by atoms with E-state index >= 15 is 0 Å². The van der Waals surface area contributed by atoms with Crippen LogP contribution in [-0.4, -0.2) is 28.3 Å². The Morgan fingerprint density at radius 3 is 2.65 bits per heavy atom. The lowest BCUT2D eigenvalue weighted by molar-refractivity contribution is -0.140. The van der Waals surface area contributed by atoms with E-state index in [9.17, 15) is 13.2 Å². The highest BCUT2D eigenvalue weighted by atomic mass is 19.4. The van der Waals surface area contributed by atoms with E-state index in [1.807, 2.05) is 18.5 Å². The van der Waals surface area contributed by atoms with Crippen LogP contribution in [0.25, 0.3) is 0 Å². The molecule has 17 heavy (non-hydrogen) atoms. The zero-order chi connectivity index (χ0) is 12.9. The van der Waals surface area contributed by atoms with Crippen molar-refractivity contribution in [2.75, 3.05) is 6.54 Å². The molecule has 0 aromatic carbocycles. The second-order valence-electron chi connectivity index (χ2n) is 4.07. The van der Waals surface area contributed by atoms with Crippen molar-refractivity contribution in [3.63, 3.8) is 0 Å². The smallest absolute Gasteiger partial charge is 0.338 e. The van der Waals surface area contributed by atoms with Crippen molar-refractivity contribution in [1.29, 1.82) is 0 Å². The van der Waals surface area contributed by atoms with Gasteiger partial charge in [0.15, 0.2) is 0 Å². The van der Waals surface area contributed by atoms with Crippen molar-refractivity contribution < 1.29 is 13.2 Å². The summed E-state index contributed by atoms with van der Waals surface area (Å²) in [4.78, 5) is 4.10. The Morgan fingerprint density at radius 1 is 1.47 bits per heavy atom. The second-order valence-corrected chi connectivity index (χ2v) is 4.07. The molecule has 0 saturated heterocycles. The zero-order valence-corrected chi connectivity index (χ0v) is 10.1. The SMILES string of the molecule is CCNC(CCc1nccn1C)CC(F)(F)F. The van der Waals surface area contributed by atoms with Gasteiger partial charge in [0.05, 0.1) is 6.42 Å².